The minimum atomic E-state index is -1.06. The average Bonchev–Trinajstić information content (AvgIpc) is 2.99. The van der Waals surface area contributed by atoms with E-state index in [1.165, 1.54) is 12.1 Å². The van der Waals surface area contributed by atoms with E-state index in [2.05, 4.69) is 0 Å². The van der Waals surface area contributed by atoms with Crippen molar-refractivity contribution in [2.24, 2.45) is 0 Å². The van der Waals surface area contributed by atoms with Crippen molar-refractivity contribution in [3.8, 4) is 0 Å². The van der Waals surface area contributed by atoms with Gasteiger partial charge in [0, 0.05) is 0 Å². The number of aromatic nitrogens is 1. The molecule has 0 spiro atoms. The number of aromatic carboxylic acids is 1. The molecule has 0 aliphatic rings. The van der Waals surface area contributed by atoms with Gasteiger partial charge in [-0.1, -0.05) is 60.7 Å². The van der Waals surface area contributed by atoms with E-state index in [4.69, 9.17) is 9.52 Å². The molecule has 0 radical (unpaired) electrons. The first kappa shape index (κ1) is 15.9. The summed E-state index contributed by atoms with van der Waals surface area (Å²) in [4.78, 5) is 23.8. The predicted octanol–water partition coefficient (Wildman–Crippen LogP) is 3.93. The molecule has 1 N–H and O–H groups in total. The summed E-state index contributed by atoms with van der Waals surface area (Å²) in [7, 11) is 0. The monoisotopic (exact) mass is 345 g/mol. The van der Waals surface area contributed by atoms with E-state index in [9.17, 15) is 9.59 Å². The van der Waals surface area contributed by atoms with Crippen LogP contribution in [0, 0.1) is 0 Å². The van der Waals surface area contributed by atoms with Crippen molar-refractivity contribution >= 4 is 17.1 Å². The fourth-order valence-corrected chi connectivity index (χ4v) is 3.18. The molecule has 0 saturated carbocycles. The molecular formula is C21H15NO4. The Morgan fingerprint density at radius 1 is 0.885 bits per heavy atom. The molecule has 0 atom stereocenters. The number of carboxylic acid groups (broad SMARTS) is 1. The molecule has 0 aliphatic heterocycles. The van der Waals surface area contributed by atoms with Crippen LogP contribution in [0.3, 0.4) is 0 Å². The summed E-state index contributed by atoms with van der Waals surface area (Å²) in [6.07, 6.45) is 0. The van der Waals surface area contributed by atoms with Gasteiger partial charge in [-0.3, -0.25) is 4.57 Å². The molecule has 4 rings (SSSR count). The van der Waals surface area contributed by atoms with E-state index >= 15 is 0 Å². The third-order valence-corrected chi connectivity index (χ3v) is 4.35. The summed E-state index contributed by atoms with van der Waals surface area (Å²) in [5, 5.41) is 9.16. The Kier molecular flexibility index (Phi) is 3.89. The molecule has 26 heavy (non-hydrogen) atoms. The molecule has 0 amide bonds. The number of nitrogens with zero attached hydrogens (tertiary/aromatic N) is 1. The van der Waals surface area contributed by atoms with Crippen LogP contribution in [0.1, 0.15) is 27.5 Å². The van der Waals surface area contributed by atoms with E-state index < -0.39 is 11.7 Å². The van der Waals surface area contributed by atoms with Crippen LogP contribution in [0.25, 0.3) is 11.1 Å². The third-order valence-electron chi connectivity index (χ3n) is 4.35. The SMILES string of the molecule is O=C(O)c1ccc2c(c1)oc(=O)n2C(c1ccccc1)c1ccccc1. The van der Waals surface area contributed by atoms with Crippen molar-refractivity contribution in [1.29, 1.82) is 0 Å². The van der Waals surface area contributed by atoms with Gasteiger partial charge in [0.2, 0.25) is 0 Å². The van der Waals surface area contributed by atoms with E-state index in [0.29, 0.717) is 5.52 Å². The Labute approximate surface area is 148 Å². The number of carboxylic acids is 1. The van der Waals surface area contributed by atoms with Crippen LogP contribution in [0.5, 0.6) is 0 Å². The van der Waals surface area contributed by atoms with Crippen molar-refractivity contribution in [3.05, 3.63) is 106 Å². The summed E-state index contributed by atoms with van der Waals surface area (Å²) < 4.78 is 6.92. The van der Waals surface area contributed by atoms with Crippen LogP contribution in [0.2, 0.25) is 0 Å². The highest BCUT2D eigenvalue weighted by molar-refractivity contribution is 5.91. The van der Waals surface area contributed by atoms with Crippen LogP contribution in [0.15, 0.2) is 88.1 Å². The zero-order valence-electron chi connectivity index (χ0n) is 13.7. The van der Waals surface area contributed by atoms with E-state index in [-0.39, 0.29) is 17.2 Å². The topological polar surface area (TPSA) is 72.4 Å². The van der Waals surface area contributed by atoms with Crippen molar-refractivity contribution in [2.45, 2.75) is 6.04 Å². The summed E-state index contributed by atoms with van der Waals surface area (Å²) in [6, 6.07) is 23.4. The fourth-order valence-electron chi connectivity index (χ4n) is 3.18. The Morgan fingerprint density at radius 2 is 1.46 bits per heavy atom. The molecule has 3 aromatic carbocycles. The van der Waals surface area contributed by atoms with Crippen LogP contribution < -0.4 is 5.76 Å². The largest absolute Gasteiger partial charge is 0.478 e. The first-order valence-electron chi connectivity index (χ1n) is 8.13. The Hall–Kier alpha value is -3.60. The average molecular weight is 345 g/mol. The lowest BCUT2D eigenvalue weighted by molar-refractivity contribution is 0.0697. The van der Waals surface area contributed by atoms with Crippen LogP contribution in [-0.2, 0) is 0 Å². The zero-order chi connectivity index (χ0) is 18.1. The van der Waals surface area contributed by atoms with Gasteiger partial charge in [-0.15, -0.1) is 0 Å². The van der Waals surface area contributed by atoms with Crippen molar-refractivity contribution < 1.29 is 14.3 Å². The lowest BCUT2D eigenvalue weighted by Crippen LogP contribution is -2.22. The second kappa shape index (κ2) is 6.37. The molecule has 0 fully saturated rings. The number of fused-ring (bicyclic) bond motifs is 1. The minimum Gasteiger partial charge on any atom is -0.478 e. The van der Waals surface area contributed by atoms with Gasteiger partial charge in [0.15, 0.2) is 5.58 Å². The van der Waals surface area contributed by atoms with Crippen LogP contribution >= 0.6 is 0 Å². The minimum absolute atomic E-state index is 0.0781. The van der Waals surface area contributed by atoms with Gasteiger partial charge in [0.25, 0.3) is 0 Å². The van der Waals surface area contributed by atoms with Crippen molar-refractivity contribution in [3.63, 3.8) is 0 Å². The number of benzene rings is 3. The Morgan fingerprint density at radius 3 is 2.00 bits per heavy atom. The van der Waals surface area contributed by atoms with Gasteiger partial charge in [0.05, 0.1) is 17.1 Å². The smallest absolute Gasteiger partial charge is 0.420 e. The molecule has 128 valence electrons. The quantitative estimate of drug-likeness (QED) is 0.608. The highest BCUT2D eigenvalue weighted by Gasteiger charge is 2.22. The summed E-state index contributed by atoms with van der Waals surface area (Å²) >= 11 is 0. The summed E-state index contributed by atoms with van der Waals surface area (Å²) in [6.45, 7) is 0. The lowest BCUT2D eigenvalue weighted by Gasteiger charge is -2.19. The lowest BCUT2D eigenvalue weighted by atomic mass is 9.98. The maximum atomic E-state index is 12.7. The van der Waals surface area contributed by atoms with Crippen molar-refractivity contribution in [2.75, 3.05) is 0 Å². The second-order valence-corrected chi connectivity index (χ2v) is 5.95. The van der Waals surface area contributed by atoms with E-state index in [1.807, 2.05) is 60.7 Å². The number of carbonyl (C=O) groups is 1. The maximum Gasteiger partial charge on any atom is 0.420 e. The Balaban J connectivity index is 1.99. The van der Waals surface area contributed by atoms with Gasteiger partial charge in [-0.2, -0.15) is 0 Å². The predicted molar refractivity (Wildman–Crippen MR) is 97.6 cm³/mol. The highest BCUT2D eigenvalue weighted by Crippen LogP contribution is 2.29. The molecule has 4 aromatic rings. The first-order chi connectivity index (χ1) is 12.6. The molecule has 0 unspecified atom stereocenters. The van der Waals surface area contributed by atoms with Crippen molar-refractivity contribution in [1.82, 2.24) is 4.57 Å². The second-order valence-electron chi connectivity index (χ2n) is 5.95. The fraction of sp³-hybridized carbons (Fsp3) is 0.0476. The molecule has 0 saturated heterocycles. The van der Waals surface area contributed by atoms with E-state index in [0.717, 1.165) is 11.1 Å². The van der Waals surface area contributed by atoms with E-state index in [1.54, 1.807) is 10.6 Å². The molecule has 0 bridgehead atoms. The normalized spacial score (nSPS) is 11.1. The van der Waals surface area contributed by atoms with Crippen LogP contribution in [0.4, 0.5) is 0 Å². The highest BCUT2D eigenvalue weighted by atomic mass is 16.4. The molecule has 0 aliphatic carbocycles. The number of hydrogen-bond donors (Lipinski definition) is 1. The molecule has 5 heteroatoms. The zero-order valence-corrected chi connectivity index (χ0v) is 13.7. The van der Waals surface area contributed by atoms with Gasteiger partial charge in [-0.25, -0.2) is 9.59 Å². The van der Waals surface area contributed by atoms with Gasteiger partial charge < -0.3 is 9.52 Å². The number of hydrogen-bond acceptors (Lipinski definition) is 3. The standard InChI is InChI=1S/C21H15NO4/c23-20(24)16-11-12-17-18(13-16)26-21(25)22(17)19(14-7-3-1-4-8-14)15-9-5-2-6-10-15/h1-13,19H,(H,23,24). The third kappa shape index (κ3) is 2.69. The van der Waals surface area contributed by atoms with Gasteiger partial charge >= 0.3 is 11.7 Å². The maximum absolute atomic E-state index is 12.7. The molecule has 1 aromatic heterocycles. The van der Waals surface area contributed by atoms with Gasteiger partial charge in [0.1, 0.15) is 0 Å². The van der Waals surface area contributed by atoms with Gasteiger partial charge in [-0.05, 0) is 29.3 Å². The number of oxazole rings is 1. The summed E-state index contributed by atoms with van der Waals surface area (Å²) in [5.41, 5.74) is 2.76. The molecule has 1 heterocycles. The molecular weight excluding hydrogens is 330 g/mol. The molecule has 5 nitrogen and oxygen atoms in total. The first-order valence-corrected chi connectivity index (χ1v) is 8.13. The van der Waals surface area contributed by atoms with Crippen LogP contribution in [-0.4, -0.2) is 15.6 Å². The number of rotatable bonds is 4. The Bertz CT molecular complexity index is 1090. The summed E-state index contributed by atoms with van der Waals surface area (Å²) in [5.74, 6) is -1.59.